The number of benzene rings is 1. The number of carbonyl (C=O) groups excluding carboxylic acids is 1. The minimum atomic E-state index is 0.197. The fourth-order valence-electron chi connectivity index (χ4n) is 3.72. The maximum atomic E-state index is 12.1. The van der Waals surface area contributed by atoms with Crippen LogP contribution in [0.15, 0.2) is 48.0 Å². The molecule has 1 aromatic carbocycles. The van der Waals surface area contributed by atoms with Crippen LogP contribution in [0.5, 0.6) is 5.75 Å². The fraction of sp³-hybridized carbons (Fsp3) is 0.364. The van der Waals surface area contributed by atoms with E-state index >= 15 is 0 Å². The molecule has 0 radical (unpaired) electrons. The fourth-order valence-corrected chi connectivity index (χ4v) is 4.44. The molecule has 2 aliphatic rings. The van der Waals surface area contributed by atoms with Crippen LogP contribution in [0.3, 0.4) is 0 Å². The van der Waals surface area contributed by atoms with Crippen molar-refractivity contribution in [1.29, 1.82) is 0 Å². The first-order chi connectivity index (χ1) is 13.3. The van der Waals surface area contributed by atoms with Gasteiger partial charge >= 0.3 is 0 Å². The molecule has 27 heavy (non-hydrogen) atoms. The molecule has 4 nitrogen and oxygen atoms in total. The Morgan fingerprint density at radius 2 is 1.81 bits per heavy atom. The van der Waals surface area contributed by atoms with E-state index in [-0.39, 0.29) is 6.10 Å². The topological polar surface area (TPSA) is 42.4 Å². The van der Waals surface area contributed by atoms with Crippen molar-refractivity contribution in [2.45, 2.75) is 31.8 Å². The monoisotopic (exact) mass is 378 g/mol. The van der Waals surface area contributed by atoms with Crippen molar-refractivity contribution in [3.8, 4) is 16.9 Å². The Kier molecular flexibility index (Phi) is 4.32. The predicted molar refractivity (Wildman–Crippen MR) is 108 cm³/mol. The summed E-state index contributed by atoms with van der Waals surface area (Å²) in [5, 5.41) is 3.26. The molecule has 1 amide bonds. The molecular formula is C22H22N2O2S. The SMILES string of the molecule is O=C(C1CC1)N1CCC(Oc2ccc(-c3cnc4sccc4c3)cc2)CC1. The molecule has 0 bridgehead atoms. The van der Waals surface area contributed by atoms with Gasteiger partial charge in [0.15, 0.2) is 0 Å². The second-order valence-corrected chi connectivity index (χ2v) is 8.37. The van der Waals surface area contributed by atoms with Crippen LogP contribution in [0.1, 0.15) is 25.7 Å². The standard InChI is InChI=1S/C22H22N2O2S/c25-22(16-1-2-16)24-10-7-20(8-11-24)26-19-5-3-15(4-6-19)18-13-17-9-12-27-21(17)23-14-18/h3-6,9,12-14,16,20H,1-2,7-8,10-11H2. The molecular weight excluding hydrogens is 356 g/mol. The number of hydrogen-bond donors (Lipinski definition) is 0. The van der Waals surface area contributed by atoms with Crippen molar-refractivity contribution in [2.75, 3.05) is 13.1 Å². The average Bonchev–Trinajstić information content (AvgIpc) is 3.46. The van der Waals surface area contributed by atoms with Gasteiger partial charge in [-0.25, -0.2) is 4.98 Å². The third kappa shape index (κ3) is 3.56. The lowest BCUT2D eigenvalue weighted by Gasteiger charge is -2.32. The first kappa shape index (κ1) is 16.8. The van der Waals surface area contributed by atoms with Crippen LogP contribution in [-0.2, 0) is 4.79 Å². The van der Waals surface area contributed by atoms with Crippen molar-refractivity contribution >= 4 is 27.5 Å². The van der Waals surface area contributed by atoms with Crippen molar-refractivity contribution in [3.05, 3.63) is 48.0 Å². The lowest BCUT2D eigenvalue weighted by atomic mass is 10.1. The Hall–Kier alpha value is -2.40. The Morgan fingerprint density at radius 3 is 2.56 bits per heavy atom. The third-order valence-electron chi connectivity index (χ3n) is 5.48. The first-order valence-electron chi connectivity index (χ1n) is 9.65. The highest BCUT2D eigenvalue weighted by Crippen LogP contribution is 2.32. The molecule has 1 aliphatic heterocycles. The van der Waals surface area contributed by atoms with E-state index in [1.54, 1.807) is 11.3 Å². The Balaban J connectivity index is 1.21. The van der Waals surface area contributed by atoms with Crippen molar-refractivity contribution in [1.82, 2.24) is 9.88 Å². The van der Waals surface area contributed by atoms with Gasteiger partial charge in [0.05, 0.1) is 0 Å². The molecule has 3 heterocycles. The molecule has 5 rings (SSSR count). The molecule has 2 aromatic heterocycles. The highest BCUT2D eigenvalue weighted by Gasteiger charge is 2.35. The zero-order valence-electron chi connectivity index (χ0n) is 15.1. The molecule has 2 fully saturated rings. The number of piperidine rings is 1. The summed E-state index contributed by atoms with van der Waals surface area (Å²) in [4.78, 5) is 19.8. The van der Waals surface area contributed by atoms with Crippen LogP contribution in [0.4, 0.5) is 0 Å². The van der Waals surface area contributed by atoms with E-state index < -0.39 is 0 Å². The summed E-state index contributed by atoms with van der Waals surface area (Å²) in [7, 11) is 0. The second kappa shape index (κ2) is 6.97. The van der Waals surface area contributed by atoms with Crippen molar-refractivity contribution in [3.63, 3.8) is 0 Å². The minimum Gasteiger partial charge on any atom is -0.490 e. The third-order valence-corrected chi connectivity index (χ3v) is 6.31. The number of fused-ring (bicyclic) bond motifs is 1. The predicted octanol–water partition coefficient (Wildman–Crippen LogP) is 4.74. The van der Waals surface area contributed by atoms with Crippen LogP contribution in [-0.4, -0.2) is 35.0 Å². The number of likely N-dealkylation sites (tertiary alicyclic amines) is 1. The molecule has 3 aromatic rings. The van der Waals surface area contributed by atoms with Crippen molar-refractivity contribution < 1.29 is 9.53 Å². The zero-order valence-corrected chi connectivity index (χ0v) is 16.0. The summed E-state index contributed by atoms with van der Waals surface area (Å²) in [5.41, 5.74) is 2.27. The molecule has 0 unspecified atom stereocenters. The Bertz CT molecular complexity index is 954. The van der Waals surface area contributed by atoms with Gasteiger partial charge in [0, 0.05) is 49.0 Å². The lowest BCUT2D eigenvalue weighted by Crippen LogP contribution is -2.42. The van der Waals surface area contributed by atoms with E-state index in [1.165, 1.54) is 5.39 Å². The maximum Gasteiger partial charge on any atom is 0.225 e. The average molecular weight is 378 g/mol. The van der Waals surface area contributed by atoms with E-state index in [2.05, 4.69) is 34.6 Å². The number of amides is 1. The molecule has 5 heteroatoms. The van der Waals surface area contributed by atoms with Gasteiger partial charge in [-0.3, -0.25) is 4.79 Å². The Labute approximate surface area is 162 Å². The Morgan fingerprint density at radius 1 is 1.04 bits per heavy atom. The molecule has 1 aliphatic carbocycles. The van der Waals surface area contributed by atoms with E-state index in [0.717, 1.165) is 60.5 Å². The highest BCUT2D eigenvalue weighted by molar-refractivity contribution is 7.16. The number of pyridine rings is 1. The van der Waals surface area contributed by atoms with Gasteiger partial charge in [0.2, 0.25) is 5.91 Å². The molecule has 0 spiro atoms. The number of ether oxygens (including phenoxy) is 1. The minimum absolute atomic E-state index is 0.197. The summed E-state index contributed by atoms with van der Waals surface area (Å²) >= 11 is 1.66. The van der Waals surface area contributed by atoms with Gasteiger partial charge in [-0.15, -0.1) is 11.3 Å². The number of nitrogens with zero attached hydrogens (tertiary/aromatic N) is 2. The molecule has 138 valence electrons. The molecule has 1 saturated carbocycles. The summed E-state index contributed by atoms with van der Waals surface area (Å²) in [6, 6.07) is 12.5. The number of thiophene rings is 1. The van der Waals surface area contributed by atoms with Gasteiger partial charge in [-0.1, -0.05) is 12.1 Å². The van der Waals surface area contributed by atoms with Crippen LogP contribution in [0, 0.1) is 5.92 Å². The van der Waals surface area contributed by atoms with E-state index in [1.807, 2.05) is 23.2 Å². The van der Waals surface area contributed by atoms with Crippen LogP contribution in [0.2, 0.25) is 0 Å². The molecule has 0 N–H and O–H groups in total. The largest absolute Gasteiger partial charge is 0.490 e. The van der Waals surface area contributed by atoms with Crippen LogP contribution in [0.25, 0.3) is 21.3 Å². The summed E-state index contributed by atoms with van der Waals surface area (Å²) in [6.45, 7) is 1.65. The number of rotatable bonds is 4. The quantitative estimate of drug-likeness (QED) is 0.658. The number of aromatic nitrogens is 1. The van der Waals surface area contributed by atoms with Gasteiger partial charge in [0.1, 0.15) is 16.7 Å². The first-order valence-corrected chi connectivity index (χ1v) is 10.5. The van der Waals surface area contributed by atoms with E-state index in [0.29, 0.717) is 11.8 Å². The van der Waals surface area contributed by atoms with E-state index in [4.69, 9.17) is 4.74 Å². The van der Waals surface area contributed by atoms with Gasteiger partial charge in [0.25, 0.3) is 0 Å². The molecule has 1 saturated heterocycles. The van der Waals surface area contributed by atoms with Crippen LogP contribution >= 0.6 is 11.3 Å². The second-order valence-electron chi connectivity index (χ2n) is 7.48. The van der Waals surface area contributed by atoms with Gasteiger partial charge < -0.3 is 9.64 Å². The summed E-state index contributed by atoms with van der Waals surface area (Å²) in [5.74, 6) is 1.57. The van der Waals surface area contributed by atoms with Crippen LogP contribution < -0.4 is 4.74 Å². The smallest absolute Gasteiger partial charge is 0.225 e. The number of carbonyl (C=O) groups is 1. The molecule has 0 atom stereocenters. The maximum absolute atomic E-state index is 12.1. The zero-order chi connectivity index (χ0) is 18.2. The summed E-state index contributed by atoms with van der Waals surface area (Å²) in [6.07, 6.45) is 6.12. The highest BCUT2D eigenvalue weighted by atomic mass is 32.1. The van der Waals surface area contributed by atoms with E-state index in [9.17, 15) is 4.79 Å². The normalized spacial score (nSPS) is 18.0. The lowest BCUT2D eigenvalue weighted by molar-refractivity contribution is -0.134. The summed E-state index contributed by atoms with van der Waals surface area (Å²) < 4.78 is 6.16. The van der Waals surface area contributed by atoms with Gasteiger partial charge in [-0.05, 0) is 48.1 Å². The van der Waals surface area contributed by atoms with Crippen molar-refractivity contribution in [2.24, 2.45) is 5.92 Å². The van der Waals surface area contributed by atoms with Gasteiger partial charge in [-0.2, -0.15) is 0 Å². The number of hydrogen-bond acceptors (Lipinski definition) is 4.